The number of benzene rings is 2. The molecule has 0 unspecified atom stereocenters. The number of nitrogens with zero attached hydrogens (tertiary/aromatic N) is 1. The molecule has 0 atom stereocenters. The first-order valence-electron chi connectivity index (χ1n) is 10.0. The fraction of sp³-hybridized carbons (Fsp3) is 0.208. The Balaban J connectivity index is 1.50. The van der Waals surface area contributed by atoms with Gasteiger partial charge in [-0.15, -0.1) is 11.3 Å². The van der Waals surface area contributed by atoms with E-state index in [2.05, 4.69) is 41.3 Å². The number of fused-ring (bicyclic) bond motifs is 1. The van der Waals surface area contributed by atoms with E-state index < -0.39 is 0 Å². The van der Waals surface area contributed by atoms with Crippen LogP contribution in [0, 0.1) is 6.92 Å². The Kier molecular flexibility index (Phi) is 6.25. The second kappa shape index (κ2) is 9.08. The predicted octanol–water partition coefficient (Wildman–Crippen LogP) is 5.81. The minimum absolute atomic E-state index is 0.145. The maximum absolute atomic E-state index is 12.8. The minimum atomic E-state index is -0.185. The molecule has 4 rings (SSSR count). The van der Waals surface area contributed by atoms with Gasteiger partial charge in [-0.25, -0.2) is 4.98 Å². The van der Waals surface area contributed by atoms with Crippen molar-refractivity contribution in [2.45, 2.75) is 31.8 Å². The number of hydrogen-bond acceptors (Lipinski definition) is 5. The quantitative estimate of drug-likeness (QED) is 0.288. The molecule has 2 aromatic heterocycles. The van der Waals surface area contributed by atoms with Gasteiger partial charge < -0.3 is 10.3 Å². The highest BCUT2D eigenvalue weighted by molar-refractivity contribution is 7.99. The molecule has 0 aliphatic heterocycles. The number of nitrogens with one attached hydrogen (secondary N) is 2. The van der Waals surface area contributed by atoms with Gasteiger partial charge in [0.05, 0.1) is 11.1 Å². The van der Waals surface area contributed by atoms with Crippen LogP contribution in [-0.4, -0.2) is 21.6 Å². The zero-order valence-corrected chi connectivity index (χ0v) is 19.2. The van der Waals surface area contributed by atoms with E-state index in [9.17, 15) is 9.59 Å². The lowest BCUT2D eigenvalue weighted by molar-refractivity contribution is -0.113. The molecule has 5 nitrogen and oxygen atoms in total. The smallest absolute Gasteiger partial charge is 0.260 e. The first-order chi connectivity index (χ1) is 14.9. The van der Waals surface area contributed by atoms with Crippen LogP contribution in [0.5, 0.6) is 0 Å². The van der Waals surface area contributed by atoms with Crippen molar-refractivity contribution >= 4 is 44.9 Å². The Bertz CT molecular complexity index is 1270. The van der Waals surface area contributed by atoms with Crippen LogP contribution in [0.25, 0.3) is 21.3 Å². The third-order valence-electron chi connectivity index (χ3n) is 4.99. The van der Waals surface area contributed by atoms with Crippen molar-refractivity contribution in [2.75, 3.05) is 11.1 Å². The van der Waals surface area contributed by atoms with Crippen molar-refractivity contribution in [1.82, 2.24) is 9.97 Å². The van der Waals surface area contributed by atoms with E-state index in [0.29, 0.717) is 21.3 Å². The van der Waals surface area contributed by atoms with Gasteiger partial charge in [-0.3, -0.25) is 9.59 Å². The number of H-pyrrole nitrogens is 1. The van der Waals surface area contributed by atoms with E-state index in [-0.39, 0.29) is 17.2 Å². The van der Waals surface area contributed by atoms with Crippen molar-refractivity contribution in [3.8, 4) is 11.1 Å². The van der Waals surface area contributed by atoms with Crippen LogP contribution in [0.2, 0.25) is 0 Å². The Hall–Kier alpha value is -2.90. The fourth-order valence-electron chi connectivity index (χ4n) is 3.23. The molecule has 0 saturated heterocycles. The summed E-state index contributed by atoms with van der Waals surface area (Å²) in [4.78, 5) is 33.1. The van der Waals surface area contributed by atoms with Gasteiger partial charge in [-0.1, -0.05) is 67.6 Å². The van der Waals surface area contributed by atoms with Gasteiger partial charge in [0.25, 0.3) is 5.56 Å². The highest BCUT2D eigenvalue weighted by atomic mass is 32.2. The molecule has 0 fully saturated rings. The number of rotatable bonds is 6. The summed E-state index contributed by atoms with van der Waals surface area (Å²) in [5, 5.41) is 5.86. The number of carbonyl (C=O) groups is 1. The maximum atomic E-state index is 12.8. The molecule has 0 radical (unpaired) electrons. The zero-order valence-electron chi connectivity index (χ0n) is 17.6. The van der Waals surface area contributed by atoms with Crippen LogP contribution in [-0.2, 0) is 4.79 Å². The van der Waals surface area contributed by atoms with E-state index in [0.717, 1.165) is 22.4 Å². The summed E-state index contributed by atoms with van der Waals surface area (Å²) in [5.41, 5.74) is 4.85. The number of aromatic amines is 1. The summed E-state index contributed by atoms with van der Waals surface area (Å²) in [7, 11) is 0. The molecule has 4 aromatic rings. The molecular weight excluding hydrogens is 426 g/mol. The molecule has 158 valence electrons. The molecule has 1 amide bonds. The minimum Gasteiger partial charge on any atom is -0.325 e. The highest BCUT2D eigenvalue weighted by Gasteiger charge is 2.14. The largest absolute Gasteiger partial charge is 0.325 e. The van der Waals surface area contributed by atoms with Crippen molar-refractivity contribution < 1.29 is 4.79 Å². The highest BCUT2D eigenvalue weighted by Crippen LogP contribution is 2.32. The van der Waals surface area contributed by atoms with Crippen LogP contribution in [0.3, 0.4) is 0 Å². The SMILES string of the molecule is Cc1ccc(NC(=O)CSc2nc3scc(-c4ccc(C(C)C)cc4)c3c(=O)[nH]2)cc1. The second-order valence-electron chi connectivity index (χ2n) is 7.68. The average Bonchev–Trinajstić information content (AvgIpc) is 3.19. The Morgan fingerprint density at radius 1 is 1.13 bits per heavy atom. The monoisotopic (exact) mass is 449 g/mol. The van der Waals surface area contributed by atoms with Gasteiger partial charge in [-0.2, -0.15) is 0 Å². The van der Waals surface area contributed by atoms with Gasteiger partial charge in [-0.05, 0) is 36.1 Å². The van der Waals surface area contributed by atoms with Gasteiger partial charge in [0.2, 0.25) is 5.91 Å². The van der Waals surface area contributed by atoms with Gasteiger partial charge >= 0.3 is 0 Å². The molecule has 31 heavy (non-hydrogen) atoms. The lowest BCUT2D eigenvalue weighted by Gasteiger charge is -2.07. The molecule has 7 heteroatoms. The van der Waals surface area contributed by atoms with Gasteiger partial charge in [0, 0.05) is 16.6 Å². The van der Waals surface area contributed by atoms with Crippen LogP contribution in [0.4, 0.5) is 5.69 Å². The number of amides is 1. The summed E-state index contributed by atoms with van der Waals surface area (Å²) in [6, 6.07) is 15.9. The predicted molar refractivity (Wildman–Crippen MR) is 130 cm³/mol. The molecular formula is C24H23N3O2S2. The number of hydrogen-bond donors (Lipinski definition) is 2. The van der Waals surface area contributed by atoms with E-state index in [1.54, 1.807) is 0 Å². The van der Waals surface area contributed by atoms with E-state index in [1.807, 2.05) is 48.7 Å². The summed E-state index contributed by atoms with van der Waals surface area (Å²) in [6.45, 7) is 6.31. The first-order valence-corrected chi connectivity index (χ1v) is 11.9. The third kappa shape index (κ3) is 4.89. The van der Waals surface area contributed by atoms with Crippen molar-refractivity contribution in [3.05, 3.63) is 75.4 Å². The molecule has 0 saturated carbocycles. The second-order valence-corrected chi connectivity index (χ2v) is 9.50. The summed E-state index contributed by atoms with van der Waals surface area (Å²) in [6.07, 6.45) is 0. The molecule has 0 spiro atoms. The van der Waals surface area contributed by atoms with Gasteiger partial charge in [0.1, 0.15) is 4.83 Å². The molecule has 0 aliphatic rings. The Morgan fingerprint density at radius 2 is 1.84 bits per heavy atom. The topological polar surface area (TPSA) is 74.8 Å². The van der Waals surface area contributed by atoms with Gasteiger partial charge in [0.15, 0.2) is 5.16 Å². The Labute approximate surface area is 188 Å². The number of anilines is 1. The standard InChI is InChI=1S/C24H23N3O2S2/c1-14(2)16-6-8-17(9-7-16)19-12-30-23-21(19)22(29)26-24(27-23)31-13-20(28)25-18-10-4-15(3)5-11-18/h4-12,14H,13H2,1-3H3,(H,25,28)(H,26,27,29). The lowest BCUT2D eigenvalue weighted by atomic mass is 9.99. The summed E-state index contributed by atoms with van der Waals surface area (Å²) >= 11 is 2.66. The Morgan fingerprint density at radius 3 is 2.52 bits per heavy atom. The molecule has 0 aliphatic carbocycles. The average molecular weight is 450 g/mol. The third-order valence-corrected chi connectivity index (χ3v) is 6.73. The van der Waals surface area contributed by atoms with Crippen LogP contribution in [0.1, 0.15) is 30.9 Å². The fourth-order valence-corrected chi connectivity index (χ4v) is 4.89. The number of thiophene rings is 1. The van der Waals surface area contributed by atoms with Crippen molar-refractivity contribution in [2.24, 2.45) is 0 Å². The molecule has 2 heterocycles. The van der Waals surface area contributed by atoms with Crippen LogP contribution >= 0.6 is 23.1 Å². The number of aromatic nitrogens is 2. The number of carbonyl (C=O) groups excluding carboxylic acids is 1. The summed E-state index contributed by atoms with van der Waals surface area (Å²) in [5.74, 6) is 0.479. The summed E-state index contributed by atoms with van der Waals surface area (Å²) < 4.78 is 0. The maximum Gasteiger partial charge on any atom is 0.260 e. The first kappa shape index (κ1) is 21.3. The lowest BCUT2D eigenvalue weighted by Crippen LogP contribution is -2.15. The normalized spacial score (nSPS) is 11.2. The number of aryl methyl sites for hydroxylation is 1. The van der Waals surface area contributed by atoms with Crippen molar-refractivity contribution in [3.63, 3.8) is 0 Å². The molecule has 2 N–H and O–H groups in total. The number of thioether (sulfide) groups is 1. The van der Waals surface area contributed by atoms with E-state index in [4.69, 9.17) is 0 Å². The van der Waals surface area contributed by atoms with Crippen LogP contribution in [0.15, 0.2) is 63.9 Å². The molecule has 2 aromatic carbocycles. The van der Waals surface area contributed by atoms with Crippen molar-refractivity contribution in [1.29, 1.82) is 0 Å². The van der Waals surface area contributed by atoms with E-state index >= 15 is 0 Å². The molecule has 0 bridgehead atoms. The van der Waals surface area contributed by atoms with E-state index in [1.165, 1.54) is 28.7 Å². The van der Waals surface area contributed by atoms with Crippen LogP contribution < -0.4 is 10.9 Å². The zero-order chi connectivity index (χ0) is 22.0.